The lowest BCUT2D eigenvalue weighted by atomic mass is 9.90. The van der Waals surface area contributed by atoms with Crippen LogP contribution in [-0.2, 0) is 4.79 Å². The molecule has 1 aliphatic rings. The van der Waals surface area contributed by atoms with Gasteiger partial charge in [-0.2, -0.15) is 0 Å². The second-order valence-corrected chi connectivity index (χ2v) is 5.67. The lowest BCUT2D eigenvalue weighted by Gasteiger charge is -2.34. The second kappa shape index (κ2) is 7.44. The maximum Gasteiger partial charge on any atom is 0.231 e. The third kappa shape index (κ3) is 3.60. The topological polar surface area (TPSA) is 32.3 Å². The van der Waals surface area contributed by atoms with Crippen molar-refractivity contribution in [2.24, 2.45) is 5.92 Å². The molecule has 3 nitrogen and oxygen atoms in total. The molecule has 0 saturated carbocycles. The molecule has 0 bridgehead atoms. The first kappa shape index (κ1) is 15.0. The van der Waals surface area contributed by atoms with Gasteiger partial charge in [0.25, 0.3) is 0 Å². The molecule has 0 radical (unpaired) electrons. The molecular formula is C17H26N2O. The van der Waals surface area contributed by atoms with E-state index < -0.39 is 0 Å². The van der Waals surface area contributed by atoms with Crippen LogP contribution in [0, 0.1) is 5.92 Å². The molecule has 1 amide bonds. The van der Waals surface area contributed by atoms with Gasteiger partial charge in [0.2, 0.25) is 5.91 Å². The number of hydrogen-bond acceptors (Lipinski definition) is 2. The molecule has 1 aromatic rings. The zero-order valence-electron chi connectivity index (χ0n) is 12.6. The minimum absolute atomic E-state index is 0.112. The van der Waals surface area contributed by atoms with E-state index in [1.165, 1.54) is 0 Å². The van der Waals surface area contributed by atoms with Crippen LogP contribution >= 0.6 is 0 Å². The van der Waals surface area contributed by atoms with E-state index in [1.807, 2.05) is 35.2 Å². The Labute approximate surface area is 122 Å². The fourth-order valence-electron chi connectivity index (χ4n) is 2.87. The summed E-state index contributed by atoms with van der Waals surface area (Å²) in [4.78, 5) is 14.9. The smallest absolute Gasteiger partial charge is 0.231 e. The fourth-order valence-corrected chi connectivity index (χ4v) is 2.87. The molecule has 1 N–H and O–H groups in total. The molecule has 3 heteroatoms. The number of hydrogen-bond donors (Lipinski definition) is 1. The van der Waals surface area contributed by atoms with Gasteiger partial charge in [0, 0.05) is 18.3 Å². The molecule has 2 rings (SSSR count). The summed E-state index contributed by atoms with van der Waals surface area (Å²) in [7, 11) is 0. The third-order valence-electron chi connectivity index (χ3n) is 4.15. The number of rotatable bonds is 5. The Hall–Kier alpha value is -1.35. The van der Waals surface area contributed by atoms with Crippen LogP contribution in [0.4, 0.5) is 5.69 Å². The lowest BCUT2D eigenvalue weighted by molar-refractivity contribution is -0.123. The van der Waals surface area contributed by atoms with E-state index in [4.69, 9.17) is 0 Å². The highest BCUT2D eigenvalue weighted by Crippen LogP contribution is 2.23. The molecule has 1 aromatic carbocycles. The molecule has 0 spiro atoms. The van der Waals surface area contributed by atoms with Gasteiger partial charge in [-0.05, 0) is 44.9 Å². The largest absolute Gasteiger partial charge is 0.313 e. The predicted molar refractivity (Wildman–Crippen MR) is 83.9 cm³/mol. The first-order valence-electron chi connectivity index (χ1n) is 7.84. The number of carbonyl (C=O) groups excluding carboxylic acids is 1. The zero-order valence-corrected chi connectivity index (χ0v) is 12.6. The number of piperidine rings is 1. The molecule has 1 fully saturated rings. The number of benzene rings is 1. The van der Waals surface area contributed by atoms with Gasteiger partial charge in [0.05, 0.1) is 5.92 Å². The Kier molecular flexibility index (Phi) is 5.60. The van der Waals surface area contributed by atoms with Crippen LogP contribution in [0.5, 0.6) is 0 Å². The second-order valence-electron chi connectivity index (χ2n) is 5.67. The molecule has 110 valence electrons. The van der Waals surface area contributed by atoms with Crippen molar-refractivity contribution in [3.63, 3.8) is 0 Å². The number of nitrogens with one attached hydrogen (secondary N) is 1. The van der Waals surface area contributed by atoms with E-state index >= 15 is 0 Å². The quantitative estimate of drug-likeness (QED) is 0.894. The molecule has 0 aliphatic carbocycles. The van der Waals surface area contributed by atoms with Crippen LogP contribution < -0.4 is 10.2 Å². The fraction of sp³-hybridized carbons (Fsp3) is 0.588. The van der Waals surface area contributed by atoms with E-state index in [-0.39, 0.29) is 17.9 Å². The van der Waals surface area contributed by atoms with Crippen molar-refractivity contribution in [3.8, 4) is 0 Å². The summed E-state index contributed by atoms with van der Waals surface area (Å²) in [5, 5.41) is 3.43. The van der Waals surface area contributed by atoms with Gasteiger partial charge in [-0.25, -0.2) is 0 Å². The molecule has 1 aliphatic heterocycles. The number of carbonyl (C=O) groups is 1. The Morgan fingerprint density at radius 1 is 1.35 bits per heavy atom. The number of unbranched alkanes of at least 4 members (excludes halogenated alkanes) is 1. The molecule has 2 unspecified atom stereocenters. The number of anilines is 1. The van der Waals surface area contributed by atoms with E-state index in [9.17, 15) is 4.79 Å². The summed E-state index contributed by atoms with van der Waals surface area (Å²) in [6.45, 7) is 6.15. The highest BCUT2D eigenvalue weighted by atomic mass is 16.2. The Bertz CT molecular complexity index is 418. The SMILES string of the molecule is CCCCN(C(=O)C1CCCNC1C)c1ccccc1. The van der Waals surface area contributed by atoms with Crippen LogP contribution in [-0.4, -0.2) is 25.0 Å². The van der Waals surface area contributed by atoms with E-state index in [0.717, 1.165) is 44.5 Å². The van der Waals surface area contributed by atoms with E-state index in [1.54, 1.807) is 0 Å². The summed E-state index contributed by atoms with van der Waals surface area (Å²) in [5.74, 6) is 0.394. The van der Waals surface area contributed by atoms with Crippen molar-refractivity contribution in [1.82, 2.24) is 5.32 Å². The predicted octanol–water partition coefficient (Wildman–Crippen LogP) is 3.21. The Balaban J connectivity index is 2.15. The maximum absolute atomic E-state index is 12.9. The lowest BCUT2D eigenvalue weighted by Crippen LogP contribution is -2.48. The highest BCUT2D eigenvalue weighted by Gasteiger charge is 2.31. The number of para-hydroxylation sites is 1. The standard InChI is InChI=1S/C17H26N2O/c1-3-4-13-19(15-9-6-5-7-10-15)17(20)16-11-8-12-18-14(16)2/h5-7,9-10,14,16,18H,3-4,8,11-13H2,1-2H3. The highest BCUT2D eigenvalue weighted by molar-refractivity contribution is 5.95. The van der Waals surface area contributed by atoms with Crippen molar-refractivity contribution in [3.05, 3.63) is 30.3 Å². The molecule has 20 heavy (non-hydrogen) atoms. The normalized spacial score (nSPS) is 22.5. The van der Waals surface area contributed by atoms with Gasteiger partial charge in [-0.1, -0.05) is 31.5 Å². The first-order chi connectivity index (χ1) is 9.74. The molecule has 1 saturated heterocycles. The van der Waals surface area contributed by atoms with Crippen molar-refractivity contribution >= 4 is 11.6 Å². The summed E-state index contributed by atoms with van der Waals surface area (Å²) in [6.07, 6.45) is 4.25. The third-order valence-corrected chi connectivity index (χ3v) is 4.15. The molecular weight excluding hydrogens is 248 g/mol. The number of nitrogens with zero attached hydrogens (tertiary/aromatic N) is 1. The van der Waals surface area contributed by atoms with E-state index in [2.05, 4.69) is 19.2 Å². The van der Waals surface area contributed by atoms with Crippen LogP contribution in [0.15, 0.2) is 30.3 Å². The maximum atomic E-state index is 12.9. The van der Waals surface area contributed by atoms with Gasteiger partial charge >= 0.3 is 0 Å². The van der Waals surface area contributed by atoms with Crippen LogP contribution in [0.1, 0.15) is 39.5 Å². The summed E-state index contributed by atoms with van der Waals surface area (Å²) < 4.78 is 0. The van der Waals surface area contributed by atoms with Crippen molar-refractivity contribution in [2.45, 2.75) is 45.6 Å². The van der Waals surface area contributed by atoms with Gasteiger partial charge < -0.3 is 10.2 Å². The van der Waals surface area contributed by atoms with Gasteiger partial charge in [0.15, 0.2) is 0 Å². The van der Waals surface area contributed by atoms with Gasteiger partial charge in [0.1, 0.15) is 0 Å². The molecule has 2 atom stereocenters. The summed E-state index contributed by atoms with van der Waals surface area (Å²) in [6, 6.07) is 10.4. The van der Waals surface area contributed by atoms with E-state index in [0.29, 0.717) is 0 Å². The Morgan fingerprint density at radius 3 is 2.75 bits per heavy atom. The molecule has 1 heterocycles. The van der Waals surface area contributed by atoms with Gasteiger partial charge in [-0.15, -0.1) is 0 Å². The summed E-state index contributed by atoms with van der Waals surface area (Å²) in [5.41, 5.74) is 1.03. The average molecular weight is 274 g/mol. The summed E-state index contributed by atoms with van der Waals surface area (Å²) >= 11 is 0. The number of amides is 1. The van der Waals surface area contributed by atoms with Crippen LogP contribution in [0.25, 0.3) is 0 Å². The first-order valence-corrected chi connectivity index (χ1v) is 7.84. The van der Waals surface area contributed by atoms with Crippen LogP contribution in [0.2, 0.25) is 0 Å². The molecule has 0 aromatic heterocycles. The average Bonchev–Trinajstić information content (AvgIpc) is 2.49. The Morgan fingerprint density at radius 2 is 2.10 bits per heavy atom. The van der Waals surface area contributed by atoms with Crippen molar-refractivity contribution < 1.29 is 4.79 Å². The van der Waals surface area contributed by atoms with Crippen molar-refractivity contribution in [2.75, 3.05) is 18.0 Å². The zero-order chi connectivity index (χ0) is 14.4. The minimum atomic E-state index is 0.112. The monoisotopic (exact) mass is 274 g/mol. The van der Waals surface area contributed by atoms with Crippen molar-refractivity contribution in [1.29, 1.82) is 0 Å². The van der Waals surface area contributed by atoms with Gasteiger partial charge in [-0.3, -0.25) is 4.79 Å². The minimum Gasteiger partial charge on any atom is -0.313 e. The van der Waals surface area contributed by atoms with Crippen LogP contribution in [0.3, 0.4) is 0 Å².